The van der Waals surface area contributed by atoms with E-state index in [9.17, 15) is 23.2 Å². The number of hydrogen-bond acceptors (Lipinski definition) is 3. The summed E-state index contributed by atoms with van der Waals surface area (Å²) in [6, 6.07) is 16.0. The van der Waals surface area contributed by atoms with E-state index < -0.39 is 41.6 Å². The summed E-state index contributed by atoms with van der Waals surface area (Å²) < 4.78 is 27.3. The Balaban J connectivity index is 1.57. The molecule has 8 heteroatoms. The Labute approximate surface area is 177 Å². The van der Waals surface area contributed by atoms with Crippen LogP contribution in [0.2, 0.25) is 0 Å². The van der Waals surface area contributed by atoms with Crippen LogP contribution in [-0.2, 0) is 9.59 Å². The highest BCUT2D eigenvalue weighted by Crippen LogP contribution is 2.18. The molecule has 0 aromatic heterocycles. The van der Waals surface area contributed by atoms with Crippen LogP contribution in [0.1, 0.15) is 17.3 Å². The summed E-state index contributed by atoms with van der Waals surface area (Å²) in [4.78, 5) is 38.1. The van der Waals surface area contributed by atoms with E-state index in [1.165, 1.54) is 11.0 Å². The predicted molar refractivity (Wildman–Crippen MR) is 114 cm³/mol. The van der Waals surface area contributed by atoms with Crippen molar-refractivity contribution in [1.82, 2.24) is 10.2 Å². The highest BCUT2D eigenvalue weighted by atomic mass is 19.1. The molecule has 160 valence electrons. The zero-order valence-electron chi connectivity index (χ0n) is 16.8. The van der Waals surface area contributed by atoms with Crippen molar-refractivity contribution < 1.29 is 23.2 Å². The molecule has 0 saturated carbocycles. The highest BCUT2D eigenvalue weighted by molar-refractivity contribution is 6.00. The van der Waals surface area contributed by atoms with Gasteiger partial charge in [0.25, 0.3) is 5.91 Å². The fourth-order valence-corrected chi connectivity index (χ4v) is 3.05. The summed E-state index contributed by atoms with van der Waals surface area (Å²) in [5.74, 6) is -3.50. The van der Waals surface area contributed by atoms with Gasteiger partial charge in [0.15, 0.2) is 0 Å². The lowest BCUT2D eigenvalue weighted by Gasteiger charge is -2.20. The first-order chi connectivity index (χ1) is 14.9. The molecule has 3 rings (SSSR count). The van der Waals surface area contributed by atoms with Gasteiger partial charge in [-0.1, -0.05) is 36.4 Å². The lowest BCUT2D eigenvalue weighted by molar-refractivity contribution is -0.133. The lowest BCUT2D eigenvalue weighted by atomic mass is 10.1. The minimum absolute atomic E-state index is 0.178. The summed E-state index contributed by atoms with van der Waals surface area (Å²) in [6.07, 6.45) is 0. The standard InChI is InChI=1S/C23H21F2N3O3/c1-2-28(14-20(29)27-22-18(24)8-5-9-19(22)25)21(30)13-26-23(31)17-11-10-15-6-3-4-7-16(15)12-17/h3-12H,2,13-14H2,1H3,(H,26,31)(H,27,29). The summed E-state index contributed by atoms with van der Waals surface area (Å²) in [5, 5.41) is 6.56. The fraction of sp³-hybridized carbons (Fsp3) is 0.174. The molecule has 3 amide bonds. The molecule has 0 aliphatic rings. The third-order valence-corrected chi connectivity index (χ3v) is 4.71. The number of nitrogens with zero attached hydrogens (tertiary/aromatic N) is 1. The average Bonchev–Trinajstić information content (AvgIpc) is 2.77. The Kier molecular flexibility index (Phi) is 6.92. The number of amides is 3. The molecule has 2 N–H and O–H groups in total. The Morgan fingerprint density at radius 2 is 1.58 bits per heavy atom. The normalized spacial score (nSPS) is 10.5. The monoisotopic (exact) mass is 425 g/mol. The molecule has 3 aromatic carbocycles. The molecule has 0 spiro atoms. The maximum absolute atomic E-state index is 13.7. The van der Waals surface area contributed by atoms with Crippen LogP contribution in [0.15, 0.2) is 60.7 Å². The van der Waals surface area contributed by atoms with Crippen molar-refractivity contribution in [3.8, 4) is 0 Å². The third-order valence-electron chi connectivity index (χ3n) is 4.71. The molecule has 3 aromatic rings. The van der Waals surface area contributed by atoms with Crippen molar-refractivity contribution in [3.05, 3.63) is 77.9 Å². The van der Waals surface area contributed by atoms with E-state index in [0.29, 0.717) is 5.56 Å². The Bertz CT molecular complexity index is 1110. The number of nitrogens with one attached hydrogen (secondary N) is 2. The van der Waals surface area contributed by atoms with Gasteiger partial charge in [-0.25, -0.2) is 8.78 Å². The highest BCUT2D eigenvalue weighted by Gasteiger charge is 2.19. The van der Waals surface area contributed by atoms with Gasteiger partial charge in [0, 0.05) is 12.1 Å². The van der Waals surface area contributed by atoms with Crippen molar-refractivity contribution in [2.45, 2.75) is 6.92 Å². The van der Waals surface area contributed by atoms with Crippen LogP contribution in [0.25, 0.3) is 10.8 Å². The molecule has 0 bridgehead atoms. The van der Waals surface area contributed by atoms with Crippen LogP contribution in [0.5, 0.6) is 0 Å². The number of benzene rings is 3. The number of halogens is 2. The van der Waals surface area contributed by atoms with Gasteiger partial charge in [-0.3, -0.25) is 14.4 Å². The van der Waals surface area contributed by atoms with E-state index in [-0.39, 0.29) is 13.1 Å². The third kappa shape index (κ3) is 5.42. The largest absolute Gasteiger partial charge is 0.343 e. The Morgan fingerprint density at radius 1 is 0.903 bits per heavy atom. The minimum Gasteiger partial charge on any atom is -0.343 e. The number of hydrogen-bond donors (Lipinski definition) is 2. The molecule has 6 nitrogen and oxygen atoms in total. The van der Waals surface area contributed by atoms with Crippen molar-refractivity contribution in [2.24, 2.45) is 0 Å². The van der Waals surface area contributed by atoms with Gasteiger partial charge in [0.2, 0.25) is 11.8 Å². The maximum Gasteiger partial charge on any atom is 0.251 e. The number of anilines is 1. The smallest absolute Gasteiger partial charge is 0.251 e. The van der Waals surface area contributed by atoms with Crippen molar-refractivity contribution in [3.63, 3.8) is 0 Å². The number of carbonyl (C=O) groups excluding carboxylic acids is 3. The first-order valence-corrected chi connectivity index (χ1v) is 9.67. The second kappa shape index (κ2) is 9.80. The van der Waals surface area contributed by atoms with Crippen LogP contribution >= 0.6 is 0 Å². The van der Waals surface area contributed by atoms with E-state index in [4.69, 9.17) is 0 Å². The molecular formula is C23H21F2N3O3. The summed E-state index contributed by atoms with van der Waals surface area (Å²) in [6.45, 7) is 1.10. The Hall–Kier alpha value is -3.81. The summed E-state index contributed by atoms with van der Waals surface area (Å²) >= 11 is 0. The molecule has 0 aliphatic heterocycles. The quantitative estimate of drug-likeness (QED) is 0.610. The fourth-order valence-electron chi connectivity index (χ4n) is 3.05. The number of fused-ring (bicyclic) bond motifs is 1. The van der Waals surface area contributed by atoms with Crippen LogP contribution in [0, 0.1) is 11.6 Å². The van der Waals surface area contributed by atoms with E-state index in [0.717, 1.165) is 22.9 Å². The van der Waals surface area contributed by atoms with Gasteiger partial charge in [-0.05, 0) is 42.0 Å². The van der Waals surface area contributed by atoms with E-state index in [2.05, 4.69) is 10.6 Å². The van der Waals surface area contributed by atoms with Gasteiger partial charge in [0.05, 0.1) is 13.1 Å². The van der Waals surface area contributed by atoms with Gasteiger partial charge < -0.3 is 15.5 Å². The Morgan fingerprint density at radius 3 is 2.26 bits per heavy atom. The predicted octanol–water partition coefficient (Wildman–Crippen LogP) is 3.34. The van der Waals surface area contributed by atoms with Gasteiger partial charge in [-0.15, -0.1) is 0 Å². The zero-order valence-corrected chi connectivity index (χ0v) is 16.8. The van der Waals surface area contributed by atoms with Crippen LogP contribution in [0.4, 0.5) is 14.5 Å². The average molecular weight is 425 g/mol. The number of likely N-dealkylation sites (N-methyl/N-ethyl adjacent to an activating group) is 1. The van der Waals surface area contributed by atoms with Crippen molar-refractivity contribution in [1.29, 1.82) is 0 Å². The first-order valence-electron chi connectivity index (χ1n) is 9.67. The van der Waals surface area contributed by atoms with Crippen molar-refractivity contribution in [2.75, 3.05) is 25.0 Å². The maximum atomic E-state index is 13.7. The van der Waals surface area contributed by atoms with Crippen LogP contribution < -0.4 is 10.6 Å². The SMILES string of the molecule is CCN(CC(=O)Nc1c(F)cccc1F)C(=O)CNC(=O)c1ccc2ccccc2c1. The zero-order chi connectivity index (χ0) is 22.4. The molecule has 0 atom stereocenters. The molecule has 0 aliphatic carbocycles. The first kappa shape index (κ1) is 21.9. The van der Waals surface area contributed by atoms with E-state index in [1.807, 2.05) is 30.3 Å². The topological polar surface area (TPSA) is 78.5 Å². The summed E-state index contributed by atoms with van der Waals surface area (Å²) in [7, 11) is 0. The molecule has 0 radical (unpaired) electrons. The van der Waals surface area contributed by atoms with Gasteiger partial charge >= 0.3 is 0 Å². The molecule has 0 heterocycles. The second-order valence-corrected chi connectivity index (χ2v) is 6.80. The van der Waals surface area contributed by atoms with Gasteiger partial charge in [-0.2, -0.15) is 0 Å². The summed E-state index contributed by atoms with van der Waals surface area (Å²) in [5.41, 5.74) is -0.164. The van der Waals surface area contributed by atoms with E-state index >= 15 is 0 Å². The number of para-hydroxylation sites is 1. The van der Waals surface area contributed by atoms with Crippen LogP contribution in [-0.4, -0.2) is 42.3 Å². The lowest BCUT2D eigenvalue weighted by Crippen LogP contribution is -2.43. The van der Waals surface area contributed by atoms with Gasteiger partial charge in [0.1, 0.15) is 17.3 Å². The molecule has 31 heavy (non-hydrogen) atoms. The molecule has 0 fully saturated rings. The second-order valence-electron chi connectivity index (χ2n) is 6.80. The van der Waals surface area contributed by atoms with E-state index in [1.54, 1.807) is 19.1 Å². The minimum atomic E-state index is -0.912. The van der Waals surface area contributed by atoms with Crippen LogP contribution in [0.3, 0.4) is 0 Å². The number of rotatable bonds is 7. The molecule has 0 saturated heterocycles. The van der Waals surface area contributed by atoms with Crippen molar-refractivity contribution >= 4 is 34.2 Å². The number of carbonyl (C=O) groups is 3. The molecule has 0 unspecified atom stereocenters. The molecular weight excluding hydrogens is 404 g/mol.